The summed E-state index contributed by atoms with van der Waals surface area (Å²) in [5.74, 6) is 0.590. The van der Waals surface area contributed by atoms with Crippen LogP contribution in [0, 0.1) is 5.92 Å². The lowest BCUT2D eigenvalue weighted by molar-refractivity contribution is 0.0905. The number of nitrogen functional groups attached to an aromatic ring is 1. The van der Waals surface area contributed by atoms with Gasteiger partial charge in [0.2, 0.25) is 0 Å². The van der Waals surface area contributed by atoms with E-state index in [0.717, 1.165) is 0 Å². The summed E-state index contributed by atoms with van der Waals surface area (Å²) in [6.07, 6.45) is 5.38. The average Bonchev–Trinajstić information content (AvgIpc) is 2.48. The van der Waals surface area contributed by atoms with E-state index in [1.165, 1.54) is 19.3 Å². The molecule has 0 bridgehead atoms. The molecule has 1 saturated carbocycles. The highest BCUT2D eigenvalue weighted by molar-refractivity contribution is 5.93. The maximum atomic E-state index is 11.7. The predicted molar refractivity (Wildman–Crippen MR) is 59.5 cm³/mol. The molecule has 82 valence electrons. The standard InChI is InChI=1S/C11H17N3O/c1-7(8-3-2-4-8)14-11(15)10-5-9(12)6-13-10/h5-8,13H,2-4,12H2,1H3,(H,14,15). The normalized spacial score (nSPS) is 18.2. The van der Waals surface area contributed by atoms with Gasteiger partial charge in [-0.05, 0) is 31.7 Å². The molecule has 4 nitrogen and oxygen atoms in total. The first-order valence-electron chi connectivity index (χ1n) is 5.41. The van der Waals surface area contributed by atoms with E-state index in [-0.39, 0.29) is 11.9 Å². The van der Waals surface area contributed by atoms with Crippen molar-refractivity contribution in [3.05, 3.63) is 18.0 Å². The van der Waals surface area contributed by atoms with Gasteiger partial charge in [0.05, 0.1) is 0 Å². The van der Waals surface area contributed by atoms with Crippen molar-refractivity contribution in [3.8, 4) is 0 Å². The zero-order chi connectivity index (χ0) is 10.8. The molecule has 4 heteroatoms. The van der Waals surface area contributed by atoms with Gasteiger partial charge >= 0.3 is 0 Å². The summed E-state index contributed by atoms with van der Waals surface area (Å²) in [4.78, 5) is 14.6. The van der Waals surface area contributed by atoms with Crippen LogP contribution in [0.15, 0.2) is 12.3 Å². The van der Waals surface area contributed by atoms with Crippen LogP contribution in [0.4, 0.5) is 5.69 Å². The molecule has 2 rings (SSSR count). The van der Waals surface area contributed by atoms with Gasteiger partial charge in [0.1, 0.15) is 5.69 Å². The molecule has 1 aliphatic carbocycles. The Morgan fingerprint density at radius 1 is 1.67 bits per heavy atom. The number of amides is 1. The van der Waals surface area contributed by atoms with Crippen molar-refractivity contribution in [2.24, 2.45) is 5.92 Å². The van der Waals surface area contributed by atoms with Crippen molar-refractivity contribution in [3.63, 3.8) is 0 Å². The summed E-state index contributed by atoms with van der Waals surface area (Å²) in [6.45, 7) is 2.06. The fraction of sp³-hybridized carbons (Fsp3) is 0.545. The van der Waals surface area contributed by atoms with Gasteiger partial charge < -0.3 is 16.0 Å². The number of H-pyrrole nitrogens is 1. The second-order valence-corrected chi connectivity index (χ2v) is 4.30. The van der Waals surface area contributed by atoms with E-state index in [0.29, 0.717) is 17.3 Å². The van der Waals surface area contributed by atoms with Gasteiger partial charge in [0.25, 0.3) is 5.91 Å². The summed E-state index contributed by atoms with van der Waals surface area (Å²) in [6, 6.07) is 1.92. The van der Waals surface area contributed by atoms with Crippen LogP contribution < -0.4 is 11.1 Å². The van der Waals surface area contributed by atoms with E-state index in [1.54, 1.807) is 12.3 Å². The van der Waals surface area contributed by atoms with Crippen LogP contribution in [0.3, 0.4) is 0 Å². The Balaban J connectivity index is 1.91. The third-order valence-corrected chi connectivity index (χ3v) is 3.17. The number of aromatic amines is 1. The maximum Gasteiger partial charge on any atom is 0.267 e. The minimum Gasteiger partial charge on any atom is -0.397 e. The third kappa shape index (κ3) is 2.14. The molecule has 15 heavy (non-hydrogen) atoms. The van der Waals surface area contributed by atoms with Crippen LogP contribution in [-0.4, -0.2) is 16.9 Å². The molecule has 1 atom stereocenters. The van der Waals surface area contributed by atoms with Crippen LogP contribution in [0.25, 0.3) is 0 Å². The summed E-state index contributed by atoms with van der Waals surface area (Å²) in [7, 11) is 0. The van der Waals surface area contributed by atoms with Gasteiger partial charge in [-0.25, -0.2) is 0 Å². The van der Waals surface area contributed by atoms with Crippen molar-refractivity contribution < 1.29 is 4.79 Å². The van der Waals surface area contributed by atoms with E-state index < -0.39 is 0 Å². The molecule has 4 N–H and O–H groups in total. The molecular weight excluding hydrogens is 190 g/mol. The molecular formula is C11H17N3O. The van der Waals surface area contributed by atoms with Crippen molar-refractivity contribution in [1.29, 1.82) is 0 Å². The highest BCUT2D eigenvalue weighted by Gasteiger charge is 2.25. The Hall–Kier alpha value is -1.45. The lowest BCUT2D eigenvalue weighted by Gasteiger charge is -2.31. The minimum absolute atomic E-state index is 0.0638. The molecule has 1 heterocycles. The van der Waals surface area contributed by atoms with Crippen LogP contribution in [0.1, 0.15) is 36.7 Å². The van der Waals surface area contributed by atoms with Gasteiger partial charge in [-0.3, -0.25) is 4.79 Å². The van der Waals surface area contributed by atoms with E-state index in [9.17, 15) is 4.79 Å². The number of aromatic nitrogens is 1. The fourth-order valence-corrected chi connectivity index (χ4v) is 1.88. The van der Waals surface area contributed by atoms with Crippen LogP contribution >= 0.6 is 0 Å². The summed E-state index contributed by atoms with van der Waals surface area (Å²) in [5, 5.41) is 2.99. The Kier molecular flexibility index (Phi) is 2.66. The van der Waals surface area contributed by atoms with Crippen molar-refractivity contribution >= 4 is 11.6 Å². The Morgan fingerprint density at radius 2 is 2.40 bits per heavy atom. The summed E-state index contributed by atoms with van der Waals surface area (Å²) >= 11 is 0. The third-order valence-electron chi connectivity index (χ3n) is 3.17. The van der Waals surface area contributed by atoms with E-state index in [2.05, 4.69) is 17.2 Å². The number of carbonyl (C=O) groups is 1. The smallest absolute Gasteiger partial charge is 0.267 e. The largest absolute Gasteiger partial charge is 0.397 e. The zero-order valence-corrected chi connectivity index (χ0v) is 8.92. The van der Waals surface area contributed by atoms with Gasteiger partial charge in [-0.1, -0.05) is 6.42 Å². The van der Waals surface area contributed by atoms with Crippen LogP contribution in [-0.2, 0) is 0 Å². The predicted octanol–water partition coefficient (Wildman–Crippen LogP) is 1.52. The van der Waals surface area contributed by atoms with Crippen molar-refractivity contribution in [1.82, 2.24) is 10.3 Å². The number of anilines is 1. The molecule has 1 aliphatic rings. The minimum atomic E-state index is -0.0638. The summed E-state index contributed by atoms with van der Waals surface area (Å²) in [5.41, 5.74) is 6.67. The molecule has 0 radical (unpaired) electrons. The van der Waals surface area contributed by atoms with Crippen LogP contribution in [0.5, 0.6) is 0 Å². The number of nitrogens with two attached hydrogens (primary N) is 1. The molecule has 0 aliphatic heterocycles. The zero-order valence-electron chi connectivity index (χ0n) is 8.92. The van der Waals surface area contributed by atoms with Crippen molar-refractivity contribution in [2.75, 3.05) is 5.73 Å². The SMILES string of the molecule is CC(NC(=O)c1cc(N)c[nH]1)C1CCC1. The molecule has 1 fully saturated rings. The number of hydrogen-bond donors (Lipinski definition) is 3. The lowest BCUT2D eigenvalue weighted by Crippen LogP contribution is -2.40. The molecule has 0 saturated heterocycles. The molecule has 1 unspecified atom stereocenters. The molecule has 1 aromatic rings. The second kappa shape index (κ2) is 3.96. The van der Waals surface area contributed by atoms with E-state index in [1.807, 2.05) is 0 Å². The quantitative estimate of drug-likeness (QED) is 0.703. The van der Waals surface area contributed by atoms with Crippen molar-refractivity contribution in [2.45, 2.75) is 32.2 Å². The van der Waals surface area contributed by atoms with Gasteiger partial charge in [0.15, 0.2) is 0 Å². The molecule has 1 aromatic heterocycles. The number of rotatable bonds is 3. The molecule has 1 amide bonds. The topological polar surface area (TPSA) is 70.9 Å². The first-order valence-corrected chi connectivity index (χ1v) is 5.41. The van der Waals surface area contributed by atoms with Gasteiger partial charge in [-0.15, -0.1) is 0 Å². The summed E-state index contributed by atoms with van der Waals surface area (Å²) < 4.78 is 0. The average molecular weight is 207 g/mol. The van der Waals surface area contributed by atoms with Gasteiger partial charge in [0, 0.05) is 17.9 Å². The highest BCUT2D eigenvalue weighted by atomic mass is 16.1. The Labute approximate surface area is 89.2 Å². The second-order valence-electron chi connectivity index (χ2n) is 4.30. The first-order chi connectivity index (χ1) is 7.16. The van der Waals surface area contributed by atoms with E-state index in [4.69, 9.17) is 5.73 Å². The monoisotopic (exact) mass is 207 g/mol. The maximum absolute atomic E-state index is 11.7. The fourth-order valence-electron chi connectivity index (χ4n) is 1.88. The first kappa shape index (κ1) is 10.1. The highest BCUT2D eigenvalue weighted by Crippen LogP contribution is 2.29. The number of carbonyl (C=O) groups excluding carboxylic acids is 1. The lowest BCUT2D eigenvalue weighted by atomic mass is 9.80. The molecule has 0 aromatic carbocycles. The van der Waals surface area contributed by atoms with E-state index >= 15 is 0 Å². The Morgan fingerprint density at radius 3 is 2.87 bits per heavy atom. The number of hydrogen-bond acceptors (Lipinski definition) is 2. The Bertz CT molecular complexity index is 354. The van der Waals surface area contributed by atoms with Crippen LogP contribution in [0.2, 0.25) is 0 Å². The number of nitrogens with one attached hydrogen (secondary N) is 2. The van der Waals surface area contributed by atoms with Gasteiger partial charge in [-0.2, -0.15) is 0 Å². The molecule has 0 spiro atoms.